The smallest absolute Gasteiger partial charge is 0.200 e. The summed E-state index contributed by atoms with van der Waals surface area (Å²) >= 11 is 1.56. The highest BCUT2D eigenvalue weighted by Gasteiger charge is 2.16. The Morgan fingerprint density at radius 3 is 2.54 bits per heavy atom. The van der Waals surface area contributed by atoms with Gasteiger partial charge >= 0.3 is 0 Å². The Hall–Kier alpha value is -3.06. The Morgan fingerprint density at radius 1 is 0.964 bits per heavy atom. The molecule has 28 heavy (non-hydrogen) atoms. The van der Waals surface area contributed by atoms with Crippen LogP contribution in [0.1, 0.15) is 5.56 Å². The number of hydrogen-bond acceptors (Lipinski definition) is 5. The molecule has 0 spiro atoms. The van der Waals surface area contributed by atoms with Gasteiger partial charge in [0.25, 0.3) is 0 Å². The minimum atomic E-state index is -0.277. The fourth-order valence-corrected chi connectivity index (χ4v) is 3.47. The van der Waals surface area contributed by atoms with Crippen LogP contribution in [0.3, 0.4) is 0 Å². The number of thioether (sulfide) groups is 1. The number of benzene rings is 2. The lowest BCUT2D eigenvalue weighted by Crippen LogP contribution is -2.06. The SMILES string of the molecule is Fc1ccc(OCCSc2nnc(-c3ccco3)n2Cc2ccccc2)cc1. The Balaban J connectivity index is 1.46. The van der Waals surface area contributed by atoms with Crippen molar-refractivity contribution in [3.63, 3.8) is 0 Å². The molecule has 0 aliphatic heterocycles. The van der Waals surface area contributed by atoms with Crippen LogP contribution in [0.4, 0.5) is 4.39 Å². The number of hydrogen-bond donors (Lipinski definition) is 0. The Kier molecular flexibility index (Phi) is 5.72. The van der Waals surface area contributed by atoms with Gasteiger partial charge in [-0.05, 0) is 42.0 Å². The van der Waals surface area contributed by atoms with Crippen LogP contribution < -0.4 is 4.74 Å². The molecule has 0 aliphatic carbocycles. The number of ether oxygens (including phenoxy) is 1. The van der Waals surface area contributed by atoms with E-state index in [1.807, 2.05) is 34.9 Å². The zero-order valence-electron chi connectivity index (χ0n) is 15.0. The molecule has 0 unspecified atom stereocenters. The van der Waals surface area contributed by atoms with Gasteiger partial charge in [0.1, 0.15) is 11.6 Å². The molecular weight excluding hydrogens is 377 g/mol. The fourth-order valence-electron chi connectivity index (χ4n) is 2.72. The highest BCUT2D eigenvalue weighted by atomic mass is 32.2. The summed E-state index contributed by atoms with van der Waals surface area (Å²) in [4.78, 5) is 0. The summed E-state index contributed by atoms with van der Waals surface area (Å²) in [5.74, 6) is 2.42. The molecule has 0 aliphatic rings. The van der Waals surface area contributed by atoms with Gasteiger partial charge in [-0.3, -0.25) is 4.57 Å². The van der Waals surface area contributed by atoms with Gasteiger partial charge in [0, 0.05) is 5.75 Å². The first-order valence-electron chi connectivity index (χ1n) is 8.82. The van der Waals surface area contributed by atoms with Crippen LogP contribution in [0.25, 0.3) is 11.6 Å². The molecule has 0 atom stereocenters. The number of nitrogens with zero attached hydrogens (tertiary/aromatic N) is 3. The summed E-state index contributed by atoms with van der Waals surface area (Å²) in [6, 6.07) is 19.9. The van der Waals surface area contributed by atoms with E-state index in [1.54, 1.807) is 30.2 Å². The van der Waals surface area contributed by atoms with Crippen molar-refractivity contribution in [2.24, 2.45) is 0 Å². The second kappa shape index (κ2) is 8.75. The Bertz CT molecular complexity index is 1000. The molecule has 2 aromatic heterocycles. The van der Waals surface area contributed by atoms with Crippen LogP contribution in [0.5, 0.6) is 5.75 Å². The number of halogens is 1. The molecule has 0 amide bonds. The summed E-state index contributed by atoms with van der Waals surface area (Å²) in [7, 11) is 0. The maximum atomic E-state index is 13.0. The van der Waals surface area contributed by atoms with E-state index in [0.717, 1.165) is 10.7 Å². The summed E-state index contributed by atoms with van der Waals surface area (Å²) in [6.45, 7) is 1.12. The van der Waals surface area contributed by atoms with Crippen LogP contribution in [0.15, 0.2) is 82.6 Å². The van der Waals surface area contributed by atoms with Crippen LogP contribution in [0, 0.1) is 5.82 Å². The van der Waals surface area contributed by atoms with Crippen LogP contribution in [0.2, 0.25) is 0 Å². The molecule has 0 radical (unpaired) electrons. The first kappa shape index (κ1) is 18.3. The topological polar surface area (TPSA) is 53.1 Å². The molecule has 0 saturated carbocycles. The van der Waals surface area contributed by atoms with E-state index in [9.17, 15) is 4.39 Å². The molecule has 0 bridgehead atoms. The largest absolute Gasteiger partial charge is 0.493 e. The quantitative estimate of drug-likeness (QED) is 0.314. The predicted octanol–water partition coefficient (Wildman–Crippen LogP) is 4.90. The summed E-state index contributed by atoms with van der Waals surface area (Å²) in [5, 5.41) is 9.44. The average Bonchev–Trinajstić information content (AvgIpc) is 3.38. The lowest BCUT2D eigenvalue weighted by Gasteiger charge is -2.10. The van der Waals surface area contributed by atoms with Crippen molar-refractivity contribution >= 4 is 11.8 Å². The third-order valence-corrected chi connectivity index (χ3v) is 4.97. The lowest BCUT2D eigenvalue weighted by atomic mass is 10.2. The van der Waals surface area contributed by atoms with E-state index in [4.69, 9.17) is 9.15 Å². The first-order valence-corrected chi connectivity index (χ1v) is 9.80. The van der Waals surface area contributed by atoms with Crippen molar-refractivity contribution < 1.29 is 13.5 Å². The third kappa shape index (κ3) is 4.43. The molecule has 2 heterocycles. The van der Waals surface area contributed by atoms with Crippen molar-refractivity contribution in [1.82, 2.24) is 14.8 Å². The van der Waals surface area contributed by atoms with E-state index >= 15 is 0 Å². The van der Waals surface area contributed by atoms with Gasteiger partial charge in [0.2, 0.25) is 5.82 Å². The van der Waals surface area contributed by atoms with E-state index in [2.05, 4.69) is 22.3 Å². The molecule has 7 heteroatoms. The number of aromatic nitrogens is 3. The maximum absolute atomic E-state index is 13.0. The zero-order valence-corrected chi connectivity index (χ0v) is 15.8. The van der Waals surface area contributed by atoms with Crippen molar-refractivity contribution in [1.29, 1.82) is 0 Å². The first-order chi connectivity index (χ1) is 13.8. The summed E-state index contributed by atoms with van der Waals surface area (Å²) in [5.41, 5.74) is 1.15. The number of furan rings is 1. The van der Waals surface area contributed by atoms with Crippen molar-refractivity contribution in [3.05, 3.63) is 84.4 Å². The van der Waals surface area contributed by atoms with Crippen molar-refractivity contribution in [2.45, 2.75) is 11.7 Å². The minimum Gasteiger partial charge on any atom is -0.493 e. The Labute approximate surface area is 166 Å². The summed E-state index contributed by atoms with van der Waals surface area (Å²) < 4.78 is 26.2. The van der Waals surface area contributed by atoms with Gasteiger partial charge in [-0.15, -0.1) is 10.2 Å². The van der Waals surface area contributed by atoms with E-state index < -0.39 is 0 Å². The van der Waals surface area contributed by atoms with Gasteiger partial charge in [-0.2, -0.15) is 0 Å². The van der Waals surface area contributed by atoms with Crippen molar-refractivity contribution in [2.75, 3.05) is 12.4 Å². The van der Waals surface area contributed by atoms with Crippen LogP contribution >= 0.6 is 11.8 Å². The monoisotopic (exact) mass is 395 g/mol. The highest BCUT2D eigenvalue weighted by Crippen LogP contribution is 2.25. The van der Waals surface area contributed by atoms with Crippen molar-refractivity contribution in [3.8, 4) is 17.3 Å². The normalized spacial score (nSPS) is 10.9. The summed E-state index contributed by atoms with van der Waals surface area (Å²) in [6.07, 6.45) is 1.63. The third-order valence-electron chi connectivity index (χ3n) is 4.04. The fraction of sp³-hybridized carbons (Fsp3) is 0.143. The molecule has 4 aromatic rings. The van der Waals surface area contributed by atoms with Crippen LogP contribution in [-0.2, 0) is 6.54 Å². The highest BCUT2D eigenvalue weighted by molar-refractivity contribution is 7.99. The second-order valence-corrected chi connectivity index (χ2v) is 7.07. The number of rotatable bonds is 8. The van der Waals surface area contributed by atoms with Crippen LogP contribution in [-0.4, -0.2) is 27.1 Å². The average molecular weight is 395 g/mol. The standard InChI is InChI=1S/C21H18FN3O2S/c22-17-8-10-18(11-9-17)26-13-14-28-21-24-23-20(19-7-4-12-27-19)25(21)15-16-5-2-1-3-6-16/h1-12H,13-15H2. The zero-order chi connectivity index (χ0) is 19.2. The molecule has 5 nitrogen and oxygen atoms in total. The van der Waals surface area contributed by atoms with E-state index in [0.29, 0.717) is 36.2 Å². The van der Waals surface area contributed by atoms with Gasteiger partial charge in [0.05, 0.1) is 19.4 Å². The molecule has 142 valence electrons. The predicted molar refractivity (Wildman–Crippen MR) is 106 cm³/mol. The van der Waals surface area contributed by atoms with E-state index in [-0.39, 0.29) is 5.82 Å². The molecule has 0 N–H and O–H groups in total. The van der Waals surface area contributed by atoms with Gasteiger partial charge in [-0.25, -0.2) is 4.39 Å². The van der Waals surface area contributed by atoms with Gasteiger partial charge in [-0.1, -0.05) is 42.1 Å². The minimum absolute atomic E-state index is 0.277. The maximum Gasteiger partial charge on any atom is 0.200 e. The van der Waals surface area contributed by atoms with E-state index in [1.165, 1.54) is 12.1 Å². The molecule has 0 fully saturated rings. The molecule has 2 aromatic carbocycles. The molecule has 0 saturated heterocycles. The second-order valence-electron chi connectivity index (χ2n) is 6.01. The van der Waals surface area contributed by atoms with Gasteiger partial charge in [0.15, 0.2) is 10.9 Å². The Morgan fingerprint density at radius 2 is 1.79 bits per heavy atom. The van der Waals surface area contributed by atoms with Gasteiger partial charge < -0.3 is 9.15 Å². The molecular formula is C21H18FN3O2S. The molecule has 4 rings (SSSR count). The lowest BCUT2D eigenvalue weighted by molar-refractivity contribution is 0.343.